The van der Waals surface area contributed by atoms with E-state index in [-0.39, 0.29) is 0 Å². The van der Waals surface area contributed by atoms with Crippen molar-refractivity contribution in [2.24, 2.45) is 0 Å². The van der Waals surface area contributed by atoms with Gasteiger partial charge < -0.3 is 4.79 Å². The molecule has 0 N–H and O–H groups in total. The molecule has 1 nitrogen and oxygen atoms in total. The molecule has 0 bridgehead atoms. The van der Waals surface area contributed by atoms with E-state index < -0.39 is 0 Å². The smallest absolute Gasteiger partial charge is 0.120 e. The summed E-state index contributed by atoms with van der Waals surface area (Å²) in [6.45, 7) is 0. The van der Waals surface area contributed by atoms with Crippen LogP contribution in [0.3, 0.4) is 0 Å². The molecule has 3 heteroatoms. The number of carbonyl (C=O) groups excluding carboxylic acids is 1. The molecule has 0 aromatic heterocycles. The number of aryl methyl sites for hydroxylation is 1. The Balaban J connectivity index is 2.78. The zero-order chi connectivity index (χ0) is 9.68. The van der Waals surface area contributed by atoms with Gasteiger partial charge in [-0.25, -0.2) is 0 Å². The maximum absolute atomic E-state index is 10.2. The van der Waals surface area contributed by atoms with E-state index in [9.17, 15) is 4.79 Å². The molecule has 0 atom stereocenters. The van der Waals surface area contributed by atoms with E-state index in [0.717, 1.165) is 22.5 Å². The highest BCUT2D eigenvalue weighted by atomic mass is 79.9. The first kappa shape index (κ1) is 10.9. The van der Waals surface area contributed by atoms with Gasteiger partial charge in [-0.3, -0.25) is 0 Å². The molecule has 0 unspecified atom stereocenters. The van der Waals surface area contributed by atoms with Gasteiger partial charge in [-0.05, 0) is 23.6 Å². The Bertz CT molecular complexity index is 297. The van der Waals surface area contributed by atoms with E-state index in [1.54, 1.807) is 0 Å². The number of rotatable bonds is 4. The van der Waals surface area contributed by atoms with Crippen molar-refractivity contribution >= 4 is 38.1 Å². The summed E-state index contributed by atoms with van der Waals surface area (Å²) in [5, 5.41) is 0.861. The van der Waals surface area contributed by atoms with Crippen molar-refractivity contribution in [1.82, 2.24) is 0 Å². The van der Waals surface area contributed by atoms with Crippen molar-refractivity contribution in [3.63, 3.8) is 0 Å². The van der Waals surface area contributed by atoms with Crippen molar-refractivity contribution in [3.05, 3.63) is 33.8 Å². The molecule has 1 rings (SSSR count). The quantitative estimate of drug-likeness (QED) is 0.615. The van der Waals surface area contributed by atoms with Crippen LogP contribution in [0.1, 0.15) is 17.5 Å². The highest BCUT2D eigenvalue weighted by molar-refractivity contribution is 9.10. The molecule has 0 fully saturated rings. The zero-order valence-electron chi connectivity index (χ0n) is 7.09. The number of halogens is 2. The van der Waals surface area contributed by atoms with Crippen molar-refractivity contribution in [2.45, 2.75) is 18.2 Å². The van der Waals surface area contributed by atoms with Gasteiger partial charge in [-0.2, -0.15) is 0 Å². The molecule has 1 aromatic rings. The lowest BCUT2D eigenvalue weighted by atomic mass is 10.1. The van der Waals surface area contributed by atoms with Crippen LogP contribution in [0, 0.1) is 0 Å². The molecule has 0 aliphatic heterocycles. The molecule has 0 radical (unpaired) electrons. The predicted molar refractivity (Wildman–Crippen MR) is 61.2 cm³/mol. The summed E-state index contributed by atoms with van der Waals surface area (Å²) in [5.74, 6) is 0. The van der Waals surface area contributed by atoms with Crippen LogP contribution in [-0.2, 0) is 16.5 Å². The minimum absolute atomic E-state index is 0.590. The second-order valence-corrected chi connectivity index (χ2v) is 4.18. The molecule has 13 heavy (non-hydrogen) atoms. The standard InChI is InChI=1S/C10H10Br2O/c11-7-8-3-4-9(2-1-5-13)10(12)6-8/h3-6H,1-2,7H2. The molecule has 0 saturated carbocycles. The Kier molecular flexibility index (Phi) is 4.67. The van der Waals surface area contributed by atoms with E-state index >= 15 is 0 Å². The van der Waals surface area contributed by atoms with Gasteiger partial charge in [0.2, 0.25) is 0 Å². The lowest BCUT2D eigenvalue weighted by Gasteiger charge is -2.03. The first-order valence-corrected chi connectivity index (χ1v) is 5.96. The average molecular weight is 306 g/mol. The highest BCUT2D eigenvalue weighted by Crippen LogP contribution is 2.20. The minimum atomic E-state index is 0.590. The molecule has 0 saturated heterocycles. The van der Waals surface area contributed by atoms with Crippen LogP contribution in [0.15, 0.2) is 22.7 Å². The van der Waals surface area contributed by atoms with Gasteiger partial charge >= 0.3 is 0 Å². The maximum atomic E-state index is 10.2. The third kappa shape index (κ3) is 3.24. The Hall–Kier alpha value is -0.150. The summed E-state index contributed by atoms with van der Waals surface area (Å²) in [6.07, 6.45) is 2.35. The van der Waals surface area contributed by atoms with Crippen LogP contribution >= 0.6 is 31.9 Å². The molecule has 0 aliphatic rings. The number of hydrogen-bond donors (Lipinski definition) is 0. The normalized spacial score (nSPS) is 10.0. The molecule has 0 heterocycles. The average Bonchev–Trinajstić information content (AvgIpc) is 2.16. The number of hydrogen-bond acceptors (Lipinski definition) is 1. The fourth-order valence-electron chi connectivity index (χ4n) is 1.09. The fraction of sp³-hybridized carbons (Fsp3) is 0.300. The number of benzene rings is 1. The van der Waals surface area contributed by atoms with Crippen LogP contribution in [0.2, 0.25) is 0 Å². The second-order valence-electron chi connectivity index (χ2n) is 2.76. The Labute approximate surface area is 94.8 Å². The predicted octanol–water partition coefficient (Wildman–Crippen LogP) is 3.48. The van der Waals surface area contributed by atoms with Crippen LogP contribution < -0.4 is 0 Å². The van der Waals surface area contributed by atoms with Gasteiger partial charge in [-0.15, -0.1) is 0 Å². The Morgan fingerprint density at radius 1 is 1.38 bits per heavy atom. The van der Waals surface area contributed by atoms with Gasteiger partial charge in [0, 0.05) is 16.2 Å². The first-order valence-electron chi connectivity index (χ1n) is 4.05. The molecule has 0 aliphatic carbocycles. The maximum Gasteiger partial charge on any atom is 0.120 e. The van der Waals surface area contributed by atoms with Crippen LogP contribution in [0.25, 0.3) is 0 Å². The third-order valence-electron chi connectivity index (χ3n) is 1.80. The van der Waals surface area contributed by atoms with Crippen LogP contribution in [0.5, 0.6) is 0 Å². The van der Waals surface area contributed by atoms with Crippen LogP contribution in [0.4, 0.5) is 0 Å². The van der Waals surface area contributed by atoms with E-state index in [2.05, 4.69) is 50.1 Å². The van der Waals surface area contributed by atoms with Gasteiger partial charge in [0.05, 0.1) is 0 Å². The highest BCUT2D eigenvalue weighted by Gasteiger charge is 2.00. The van der Waals surface area contributed by atoms with Crippen molar-refractivity contribution in [3.8, 4) is 0 Å². The minimum Gasteiger partial charge on any atom is -0.303 e. The van der Waals surface area contributed by atoms with E-state index in [1.807, 2.05) is 0 Å². The number of aldehydes is 1. The molecular weight excluding hydrogens is 296 g/mol. The summed E-state index contributed by atoms with van der Waals surface area (Å²) in [6, 6.07) is 6.21. The zero-order valence-corrected chi connectivity index (χ0v) is 10.3. The molecule has 70 valence electrons. The lowest BCUT2D eigenvalue weighted by molar-refractivity contribution is -0.107. The summed E-state index contributed by atoms with van der Waals surface area (Å²) < 4.78 is 1.09. The van der Waals surface area contributed by atoms with Crippen molar-refractivity contribution < 1.29 is 4.79 Å². The van der Waals surface area contributed by atoms with Crippen LogP contribution in [-0.4, -0.2) is 6.29 Å². The summed E-state index contributed by atoms with van der Waals surface area (Å²) in [5.41, 5.74) is 2.43. The molecule has 0 spiro atoms. The van der Waals surface area contributed by atoms with E-state index in [1.165, 1.54) is 11.1 Å². The monoisotopic (exact) mass is 304 g/mol. The topological polar surface area (TPSA) is 17.1 Å². The third-order valence-corrected chi connectivity index (χ3v) is 3.19. The van der Waals surface area contributed by atoms with Gasteiger partial charge in [0.15, 0.2) is 0 Å². The van der Waals surface area contributed by atoms with Crippen molar-refractivity contribution in [1.29, 1.82) is 0 Å². The summed E-state index contributed by atoms with van der Waals surface area (Å²) >= 11 is 6.87. The fourth-order valence-corrected chi connectivity index (χ4v) is 2.06. The second kappa shape index (κ2) is 5.55. The number of alkyl halides is 1. The van der Waals surface area contributed by atoms with Crippen molar-refractivity contribution in [2.75, 3.05) is 0 Å². The molecule has 0 amide bonds. The van der Waals surface area contributed by atoms with E-state index in [4.69, 9.17) is 0 Å². The Morgan fingerprint density at radius 3 is 2.69 bits per heavy atom. The van der Waals surface area contributed by atoms with Gasteiger partial charge in [-0.1, -0.05) is 44.0 Å². The largest absolute Gasteiger partial charge is 0.303 e. The number of carbonyl (C=O) groups is 1. The summed E-state index contributed by atoms with van der Waals surface area (Å²) in [7, 11) is 0. The van der Waals surface area contributed by atoms with E-state index in [0.29, 0.717) is 6.42 Å². The summed E-state index contributed by atoms with van der Waals surface area (Å²) in [4.78, 5) is 10.2. The molecular formula is C10H10Br2O. The SMILES string of the molecule is O=CCCc1ccc(CBr)cc1Br. The lowest BCUT2D eigenvalue weighted by Crippen LogP contribution is -1.89. The Morgan fingerprint density at radius 2 is 2.15 bits per heavy atom. The first-order chi connectivity index (χ1) is 6.27. The molecule has 1 aromatic carbocycles. The van der Waals surface area contributed by atoms with Gasteiger partial charge in [0.25, 0.3) is 0 Å². The van der Waals surface area contributed by atoms with Gasteiger partial charge in [0.1, 0.15) is 6.29 Å².